The van der Waals surface area contributed by atoms with Crippen LogP contribution in [-0.2, 0) is 16.6 Å². The predicted octanol–water partition coefficient (Wildman–Crippen LogP) is 2.16. The Bertz CT molecular complexity index is 977. The van der Waals surface area contributed by atoms with E-state index in [4.69, 9.17) is 14.4 Å². The lowest BCUT2D eigenvalue weighted by atomic mass is 9.99. The average Bonchev–Trinajstić information content (AvgIpc) is 3.05. The third-order valence-corrected chi connectivity index (χ3v) is 4.67. The van der Waals surface area contributed by atoms with E-state index in [0.717, 1.165) is 5.56 Å². The van der Waals surface area contributed by atoms with E-state index in [0.29, 0.717) is 22.6 Å². The second-order valence-corrected chi connectivity index (χ2v) is 6.85. The molecule has 0 amide bonds. The van der Waals surface area contributed by atoms with Crippen molar-refractivity contribution in [2.75, 3.05) is 7.11 Å². The number of rotatable bonds is 5. The summed E-state index contributed by atoms with van der Waals surface area (Å²) >= 11 is 0. The number of nitrogens with two attached hydrogens (primary N) is 1. The minimum atomic E-state index is -3.78. The first-order valence-electron chi connectivity index (χ1n) is 7.31. The number of aromatic nitrogens is 1. The van der Waals surface area contributed by atoms with E-state index in [9.17, 15) is 13.5 Å². The molecular weight excluding hydrogens is 343 g/mol. The van der Waals surface area contributed by atoms with E-state index in [1.165, 1.54) is 12.1 Å². The van der Waals surface area contributed by atoms with Crippen LogP contribution < -0.4 is 9.88 Å². The molecule has 0 bridgehead atoms. The quantitative estimate of drug-likeness (QED) is 0.721. The molecule has 0 unspecified atom stereocenters. The third kappa shape index (κ3) is 3.41. The maximum absolute atomic E-state index is 11.4. The molecule has 8 heteroatoms. The molecule has 25 heavy (non-hydrogen) atoms. The summed E-state index contributed by atoms with van der Waals surface area (Å²) in [6.07, 6.45) is 0. The highest BCUT2D eigenvalue weighted by atomic mass is 32.2. The van der Waals surface area contributed by atoms with E-state index in [1.807, 2.05) is 12.1 Å². The van der Waals surface area contributed by atoms with Gasteiger partial charge in [0.2, 0.25) is 10.0 Å². The van der Waals surface area contributed by atoms with Crippen LogP contribution in [0.25, 0.3) is 22.4 Å². The smallest absolute Gasteiger partial charge is 0.238 e. The maximum Gasteiger partial charge on any atom is 0.238 e. The highest BCUT2D eigenvalue weighted by molar-refractivity contribution is 7.89. The molecule has 3 rings (SSSR count). The molecule has 0 aliphatic carbocycles. The molecule has 2 aromatic carbocycles. The summed E-state index contributed by atoms with van der Waals surface area (Å²) in [5, 5.41) is 18.7. The SMILES string of the molecule is [11CH3]Oc1ccc(-c2noc(CO)c2-c2ccc(S(N)(=O)=O)cc2)cc1. The van der Waals surface area contributed by atoms with Crippen molar-refractivity contribution in [3.8, 4) is 28.1 Å². The minimum Gasteiger partial charge on any atom is -0.497 e. The molecule has 0 saturated carbocycles. The molecular formula is C17H16N2O5S. The summed E-state index contributed by atoms with van der Waals surface area (Å²) in [5.74, 6) is 0.989. The topological polar surface area (TPSA) is 116 Å². The van der Waals surface area contributed by atoms with Crippen molar-refractivity contribution in [1.29, 1.82) is 0 Å². The lowest BCUT2D eigenvalue weighted by Crippen LogP contribution is -2.11. The molecule has 130 valence electrons. The fourth-order valence-electron chi connectivity index (χ4n) is 2.49. The van der Waals surface area contributed by atoms with Crippen LogP contribution in [0.2, 0.25) is 0 Å². The van der Waals surface area contributed by atoms with Gasteiger partial charge in [-0.3, -0.25) is 0 Å². The van der Waals surface area contributed by atoms with Crippen molar-refractivity contribution in [3.05, 3.63) is 54.3 Å². The van der Waals surface area contributed by atoms with Crippen LogP contribution in [0, 0.1) is 0 Å². The molecule has 3 N–H and O–H groups in total. The van der Waals surface area contributed by atoms with E-state index in [1.54, 1.807) is 31.4 Å². The average molecular weight is 359 g/mol. The highest BCUT2D eigenvalue weighted by Crippen LogP contribution is 2.35. The monoisotopic (exact) mass is 359 g/mol. The number of hydrogen-bond donors (Lipinski definition) is 2. The largest absolute Gasteiger partial charge is 0.497 e. The lowest BCUT2D eigenvalue weighted by Gasteiger charge is -2.06. The molecule has 0 aliphatic rings. The van der Waals surface area contributed by atoms with Gasteiger partial charge in [-0.1, -0.05) is 17.3 Å². The summed E-state index contributed by atoms with van der Waals surface area (Å²) in [6, 6.07) is 13.2. The van der Waals surface area contributed by atoms with Crippen LogP contribution in [0.4, 0.5) is 0 Å². The van der Waals surface area contributed by atoms with E-state index < -0.39 is 10.0 Å². The number of aliphatic hydroxyl groups excluding tert-OH is 1. The Hall–Kier alpha value is -2.68. The molecule has 1 heterocycles. The Kier molecular flexibility index (Phi) is 4.58. The van der Waals surface area contributed by atoms with Crippen LogP contribution in [0.15, 0.2) is 57.9 Å². The van der Waals surface area contributed by atoms with Gasteiger partial charge in [-0.2, -0.15) is 0 Å². The Morgan fingerprint density at radius 2 is 1.68 bits per heavy atom. The zero-order chi connectivity index (χ0) is 18.0. The van der Waals surface area contributed by atoms with Crippen LogP contribution in [-0.4, -0.2) is 25.8 Å². The van der Waals surface area contributed by atoms with Crippen LogP contribution in [0.1, 0.15) is 5.76 Å². The summed E-state index contributed by atoms with van der Waals surface area (Å²) in [4.78, 5) is 0.00394. The Labute approximate surface area is 144 Å². The minimum absolute atomic E-state index is 0.00394. The summed E-state index contributed by atoms with van der Waals surface area (Å²) in [6.45, 7) is -0.338. The van der Waals surface area contributed by atoms with Crippen molar-refractivity contribution < 1.29 is 22.8 Å². The predicted molar refractivity (Wildman–Crippen MR) is 91.2 cm³/mol. The fourth-order valence-corrected chi connectivity index (χ4v) is 3.00. The second-order valence-electron chi connectivity index (χ2n) is 5.29. The number of hydrogen-bond acceptors (Lipinski definition) is 6. The summed E-state index contributed by atoms with van der Waals surface area (Å²) in [7, 11) is -2.20. The van der Waals surface area contributed by atoms with Gasteiger partial charge in [0.15, 0.2) is 5.76 Å². The molecule has 0 fully saturated rings. The lowest BCUT2D eigenvalue weighted by molar-refractivity contribution is 0.230. The van der Waals surface area contributed by atoms with E-state index >= 15 is 0 Å². The number of primary sulfonamides is 1. The first-order valence-corrected chi connectivity index (χ1v) is 8.85. The number of methoxy groups -OCH3 is 1. The van der Waals surface area contributed by atoms with Crippen molar-refractivity contribution >= 4 is 10.0 Å². The van der Waals surface area contributed by atoms with Gasteiger partial charge in [0.05, 0.1) is 17.6 Å². The zero-order valence-corrected chi connectivity index (χ0v) is 14.2. The normalized spacial score (nSPS) is 11.5. The zero-order valence-electron chi connectivity index (χ0n) is 13.3. The van der Waals surface area contributed by atoms with Gasteiger partial charge < -0.3 is 14.4 Å². The Morgan fingerprint density at radius 1 is 1.08 bits per heavy atom. The van der Waals surface area contributed by atoms with Crippen molar-refractivity contribution in [1.82, 2.24) is 5.16 Å². The number of sulfonamides is 1. The maximum atomic E-state index is 11.4. The third-order valence-electron chi connectivity index (χ3n) is 3.74. The van der Waals surface area contributed by atoms with Crippen molar-refractivity contribution in [2.45, 2.75) is 11.5 Å². The molecule has 0 spiro atoms. The van der Waals surface area contributed by atoms with E-state index in [-0.39, 0.29) is 17.3 Å². The molecule has 0 aliphatic heterocycles. The number of nitrogens with zero attached hydrogens (tertiary/aromatic N) is 1. The first kappa shape index (κ1) is 17.2. The van der Waals surface area contributed by atoms with Gasteiger partial charge in [-0.05, 0) is 42.0 Å². The van der Waals surface area contributed by atoms with Gasteiger partial charge in [-0.15, -0.1) is 0 Å². The summed E-state index contributed by atoms with van der Waals surface area (Å²) in [5.41, 5.74) is 2.56. The van der Waals surface area contributed by atoms with Crippen molar-refractivity contribution in [2.24, 2.45) is 5.14 Å². The van der Waals surface area contributed by atoms with Crippen LogP contribution in [0.3, 0.4) is 0 Å². The number of ether oxygens (including phenoxy) is 1. The van der Waals surface area contributed by atoms with Gasteiger partial charge >= 0.3 is 0 Å². The first-order chi connectivity index (χ1) is 11.9. The van der Waals surface area contributed by atoms with Crippen molar-refractivity contribution in [3.63, 3.8) is 0 Å². The number of aliphatic hydroxyl groups is 1. The Balaban J connectivity index is 2.10. The van der Waals surface area contributed by atoms with Gasteiger partial charge in [-0.25, -0.2) is 13.6 Å². The molecule has 3 aromatic rings. The van der Waals surface area contributed by atoms with Gasteiger partial charge in [0.25, 0.3) is 0 Å². The number of benzene rings is 2. The highest BCUT2D eigenvalue weighted by Gasteiger charge is 2.19. The van der Waals surface area contributed by atoms with Gasteiger partial charge in [0, 0.05) is 5.56 Å². The van der Waals surface area contributed by atoms with Gasteiger partial charge in [0.1, 0.15) is 18.1 Å². The molecule has 0 atom stereocenters. The Morgan fingerprint density at radius 3 is 2.20 bits per heavy atom. The molecule has 0 saturated heterocycles. The van der Waals surface area contributed by atoms with Crippen LogP contribution >= 0.6 is 0 Å². The molecule has 7 nitrogen and oxygen atoms in total. The van der Waals surface area contributed by atoms with Crippen LogP contribution in [0.5, 0.6) is 5.75 Å². The standard InChI is InChI=1S/C17H16N2O5S/c1-23-13-6-2-12(3-7-13)17-16(15(10-20)24-19-17)11-4-8-14(9-5-11)25(18,21)22/h2-9,20H,10H2,1H3,(H2,18,21,22)/i1-1. The molecule has 0 radical (unpaired) electrons. The second kappa shape index (κ2) is 6.67. The summed E-state index contributed by atoms with van der Waals surface area (Å²) < 4.78 is 33.2. The molecule has 1 aromatic heterocycles. The fraction of sp³-hybridized carbons (Fsp3) is 0.118. The van der Waals surface area contributed by atoms with E-state index in [2.05, 4.69) is 5.16 Å².